The second kappa shape index (κ2) is 7.43. The number of pyridine rings is 1. The van der Waals surface area contributed by atoms with Crippen molar-refractivity contribution in [2.24, 2.45) is 11.8 Å². The smallest absolute Gasteiger partial charge is 0.257 e. The molecule has 21 heavy (non-hydrogen) atoms. The van der Waals surface area contributed by atoms with Gasteiger partial charge in [-0.05, 0) is 44.1 Å². The second-order valence-electron chi connectivity index (χ2n) is 6.18. The van der Waals surface area contributed by atoms with E-state index in [0.29, 0.717) is 11.5 Å². The van der Waals surface area contributed by atoms with E-state index in [2.05, 4.69) is 24.1 Å². The number of hydrogen-bond donors (Lipinski definition) is 1. The summed E-state index contributed by atoms with van der Waals surface area (Å²) in [5.41, 5.74) is 1.59. The summed E-state index contributed by atoms with van der Waals surface area (Å²) in [5.74, 6) is 1.56. The number of nitrogens with zero attached hydrogens (tertiary/aromatic N) is 2. The Hall–Kier alpha value is -1.58. The fourth-order valence-corrected chi connectivity index (χ4v) is 3.07. The van der Waals surface area contributed by atoms with E-state index in [9.17, 15) is 4.79 Å². The number of carbonyl (C=O) groups is 1. The van der Waals surface area contributed by atoms with Gasteiger partial charge in [0.15, 0.2) is 0 Å². The molecule has 1 amide bonds. The van der Waals surface area contributed by atoms with Crippen molar-refractivity contribution < 1.29 is 4.79 Å². The van der Waals surface area contributed by atoms with Crippen LogP contribution in [0.2, 0.25) is 0 Å². The van der Waals surface area contributed by atoms with Gasteiger partial charge in [0.2, 0.25) is 0 Å². The first-order valence-corrected chi connectivity index (χ1v) is 8.10. The highest BCUT2D eigenvalue weighted by Crippen LogP contribution is 2.26. The number of aromatic nitrogens is 1. The molecule has 4 heteroatoms. The molecule has 1 unspecified atom stereocenters. The zero-order valence-electron chi connectivity index (χ0n) is 13.4. The van der Waals surface area contributed by atoms with Crippen LogP contribution in [0.5, 0.6) is 0 Å². The SMILES string of the molecule is CCNc1ccncc1C(=O)N1CCCC(C(C)C)CC1. The fraction of sp³-hybridized carbons (Fsp3) is 0.647. The topological polar surface area (TPSA) is 45.2 Å². The Morgan fingerprint density at radius 2 is 2.24 bits per heavy atom. The van der Waals surface area contributed by atoms with Gasteiger partial charge in [-0.3, -0.25) is 9.78 Å². The molecule has 1 aromatic rings. The number of carbonyl (C=O) groups excluding carboxylic acids is 1. The molecule has 1 atom stereocenters. The van der Waals surface area contributed by atoms with Gasteiger partial charge in [-0.25, -0.2) is 0 Å². The van der Waals surface area contributed by atoms with Gasteiger partial charge >= 0.3 is 0 Å². The molecule has 0 radical (unpaired) electrons. The van der Waals surface area contributed by atoms with Crippen LogP contribution in [-0.2, 0) is 0 Å². The van der Waals surface area contributed by atoms with Crippen LogP contribution in [0.3, 0.4) is 0 Å². The Morgan fingerprint density at radius 3 is 2.95 bits per heavy atom. The molecule has 2 heterocycles. The van der Waals surface area contributed by atoms with E-state index < -0.39 is 0 Å². The number of amides is 1. The largest absolute Gasteiger partial charge is 0.385 e. The standard InChI is InChI=1S/C17H27N3O/c1-4-19-16-7-9-18-12-15(16)17(21)20-10-5-6-14(8-11-20)13(2)3/h7,9,12-14H,4-6,8,10-11H2,1-3H3,(H,18,19). The maximum Gasteiger partial charge on any atom is 0.257 e. The highest BCUT2D eigenvalue weighted by molar-refractivity contribution is 5.99. The van der Waals surface area contributed by atoms with Crippen molar-refractivity contribution in [3.63, 3.8) is 0 Å². The molecule has 1 aliphatic heterocycles. The average molecular weight is 289 g/mol. The van der Waals surface area contributed by atoms with Gasteiger partial charge in [0.1, 0.15) is 0 Å². The molecule has 0 bridgehead atoms. The van der Waals surface area contributed by atoms with E-state index in [1.807, 2.05) is 17.9 Å². The molecule has 4 nitrogen and oxygen atoms in total. The first kappa shape index (κ1) is 15.8. The lowest BCUT2D eigenvalue weighted by Crippen LogP contribution is -2.32. The molecule has 1 N–H and O–H groups in total. The summed E-state index contributed by atoms with van der Waals surface area (Å²) >= 11 is 0. The van der Waals surface area contributed by atoms with Crippen LogP contribution in [0.15, 0.2) is 18.5 Å². The fourth-order valence-electron chi connectivity index (χ4n) is 3.07. The molecule has 1 aliphatic rings. The molecule has 0 aliphatic carbocycles. The van der Waals surface area contributed by atoms with Crippen molar-refractivity contribution in [2.45, 2.75) is 40.0 Å². The Labute approximate surface area is 127 Å². The number of likely N-dealkylation sites (tertiary alicyclic amines) is 1. The number of rotatable bonds is 4. The van der Waals surface area contributed by atoms with Gasteiger partial charge in [0.25, 0.3) is 5.91 Å². The van der Waals surface area contributed by atoms with Crippen molar-refractivity contribution >= 4 is 11.6 Å². The van der Waals surface area contributed by atoms with Crippen molar-refractivity contribution in [2.75, 3.05) is 25.0 Å². The lowest BCUT2D eigenvalue weighted by Gasteiger charge is -2.22. The minimum atomic E-state index is 0.114. The van der Waals surface area contributed by atoms with Gasteiger partial charge in [-0.1, -0.05) is 13.8 Å². The van der Waals surface area contributed by atoms with Crippen molar-refractivity contribution in [1.82, 2.24) is 9.88 Å². The van der Waals surface area contributed by atoms with Crippen molar-refractivity contribution in [3.05, 3.63) is 24.0 Å². The number of nitrogens with one attached hydrogen (secondary N) is 1. The second-order valence-corrected chi connectivity index (χ2v) is 6.18. The Balaban J connectivity index is 2.09. The quantitative estimate of drug-likeness (QED) is 0.924. The summed E-state index contributed by atoms with van der Waals surface area (Å²) in [6, 6.07) is 1.88. The van der Waals surface area contributed by atoms with E-state index >= 15 is 0 Å². The molecular weight excluding hydrogens is 262 g/mol. The van der Waals surface area contributed by atoms with Crippen LogP contribution in [0.25, 0.3) is 0 Å². The molecule has 0 aromatic carbocycles. The van der Waals surface area contributed by atoms with Gasteiger partial charge in [-0.15, -0.1) is 0 Å². The highest BCUT2D eigenvalue weighted by atomic mass is 16.2. The zero-order valence-corrected chi connectivity index (χ0v) is 13.4. The zero-order chi connectivity index (χ0) is 15.2. The first-order chi connectivity index (χ1) is 10.1. The van der Waals surface area contributed by atoms with Crippen molar-refractivity contribution in [3.8, 4) is 0 Å². The van der Waals surface area contributed by atoms with Crippen LogP contribution in [0, 0.1) is 11.8 Å². The maximum absolute atomic E-state index is 12.8. The third-order valence-corrected chi connectivity index (χ3v) is 4.42. The molecule has 0 spiro atoms. The summed E-state index contributed by atoms with van der Waals surface area (Å²) in [6.07, 6.45) is 6.86. The summed E-state index contributed by atoms with van der Waals surface area (Å²) in [7, 11) is 0. The molecule has 1 aromatic heterocycles. The molecule has 1 fully saturated rings. The first-order valence-electron chi connectivity index (χ1n) is 8.10. The van der Waals surface area contributed by atoms with E-state index in [0.717, 1.165) is 44.1 Å². The van der Waals surface area contributed by atoms with Gasteiger partial charge < -0.3 is 10.2 Å². The summed E-state index contributed by atoms with van der Waals surface area (Å²) in [6.45, 7) is 9.14. The third-order valence-electron chi connectivity index (χ3n) is 4.42. The third kappa shape index (κ3) is 3.96. The summed E-state index contributed by atoms with van der Waals surface area (Å²) in [4.78, 5) is 18.9. The van der Waals surface area contributed by atoms with Gasteiger partial charge in [-0.2, -0.15) is 0 Å². The van der Waals surface area contributed by atoms with Crippen LogP contribution in [0.1, 0.15) is 50.4 Å². The Bertz CT molecular complexity index is 473. The molecular formula is C17H27N3O. The lowest BCUT2D eigenvalue weighted by atomic mass is 9.89. The number of anilines is 1. The maximum atomic E-state index is 12.8. The predicted octanol–water partition coefficient (Wildman–Crippen LogP) is 3.41. The van der Waals surface area contributed by atoms with E-state index in [4.69, 9.17) is 0 Å². The molecule has 0 saturated carbocycles. The van der Waals surface area contributed by atoms with Crippen LogP contribution >= 0.6 is 0 Å². The monoisotopic (exact) mass is 289 g/mol. The predicted molar refractivity (Wildman–Crippen MR) is 86.5 cm³/mol. The Kier molecular flexibility index (Phi) is 5.59. The average Bonchev–Trinajstić information content (AvgIpc) is 2.73. The minimum Gasteiger partial charge on any atom is -0.385 e. The van der Waals surface area contributed by atoms with E-state index in [1.165, 1.54) is 6.42 Å². The number of hydrogen-bond acceptors (Lipinski definition) is 3. The van der Waals surface area contributed by atoms with Crippen molar-refractivity contribution in [1.29, 1.82) is 0 Å². The summed E-state index contributed by atoms with van der Waals surface area (Å²) < 4.78 is 0. The van der Waals surface area contributed by atoms with Gasteiger partial charge in [0.05, 0.1) is 11.3 Å². The molecule has 1 saturated heterocycles. The molecule has 2 rings (SSSR count). The van der Waals surface area contributed by atoms with Crippen LogP contribution < -0.4 is 5.32 Å². The van der Waals surface area contributed by atoms with Crippen LogP contribution in [-0.4, -0.2) is 35.4 Å². The van der Waals surface area contributed by atoms with E-state index in [1.54, 1.807) is 12.4 Å². The normalized spacial score (nSPS) is 19.4. The minimum absolute atomic E-state index is 0.114. The van der Waals surface area contributed by atoms with Gasteiger partial charge in [0, 0.05) is 32.0 Å². The lowest BCUT2D eigenvalue weighted by molar-refractivity contribution is 0.0759. The molecule has 116 valence electrons. The Morgan fingerprint density at radius 1 is 1.43 bits per heavy atom. The highest BCUT2D eigenvalue weighted by Gasteiger charge is 2.24. The van der Waals surface area contributed by atoms with Crippen LogP contribution in [0.4, 0.5) is 5.69 Å². The van der Waals surface area contributed by atoms with E-state index in [-0.39, 0.29) is 5.91 Å². The summed E-state index contributed by atoms with van der Waals surface area (Å²) in [5, 5.41) is 3.25.